The molecule has 1 aliphatic rings. The van der Waals surface area contributed by atoms with E-state index in [2.05, 4.69) is 24.2 Å². The van der Waals surface area contributed by atoms with Crippen molar-refractivity contribution in [3.05, 3.63) is 53.9 Å². The van der Waals surface area contributed by atoms with E-state index in [1.807, 2.05) is 36.1 Å². The van der Waals surface area contributed by atoms with Crippen molar-refractivity contribution in [3.63, 3.8) is 0 Å². The molecule has 0 N–H and O–H groups in total. The molecule has 1 aromatic carbocycles. The summed E-state index contributed by atoms with van der Waals surface area (Å²) in [4.78, 5) is 15.2. The molecule has 0 spiro atoms. The molecule has 2 heterocycles. The van der Waals surface area contributed by atoms with E-state index in [0.29, 0.717) is 18.8 Å². The predicted molar refractivity (Wildman–Crippen MR) is 97.2 cm³/mol. The number of hydrogen-bond acceptors (Lipinski definition) is 3. The Morgan fingerprint density at radius 1 is 1.24 bits per heavy atom. The van der Waals surface area contributed by atoms with Gasteiger partial charge in [0.15, 0.2) is 0 Å². The van der Waals surface area contributed by atoms with Crippen LogP contribution in [0.5, 0.6) is 0 Å². The highest BCUT2D eigenvalue weighted by Gasteiger charge is 2.32. The van der Waals surface area contributed by atoms with Gasteiger partial charge in [-0.15, -0.1) is 0 Å². The van der Waals surface area contributed by atoms with E-state index < -0.39 is 0 Å². The van der Waals surface area contributed by atoms with Gasteiger partial charge in [0, 0.05) is 39.0 Å². The quantitative estimate of drug-likeness (QED) is 0.809. The highest BCUT2D eigenvalue weighted by molar-refractivity contribution is 5.92. The van der Waals surface area contributed by atoms with Crippen LogP contribution < -0.4 is 0 Å². The van der Waals surface area contributed by atoms with Crippen molar-refractivity contribution in [1.29, 1.82) is 0 Å². The fourth-order valence-electron chi connectivity index (χ4n) is 3.41. The van der Waals surface area contributed by atoms with Gasteiger partial charge in [-0.1, -0.05) is 37.3 Å². The summed E-state index contributed by atoms with van der Waals surface area (Å²) in [5.41, 5.74) is 1.91. The molecule has 3 rings (SSSR count). The lowest BCUT2D eigenvalue weighted by molar-refractivity contribution is 0.00430. The summed E-state index contributed by atoms with van der Waals surface area (Å²) in [5, 5.41) is 4.26. The van der Waals surface area contributed by atoms with Gasteiger partial charge < -0.3 is 9.64 Å². The molecule has 0 unspecified atom stereocenters. The summed E-state index contributed by atoms with van der Waals surface area (Å²) in [6.45, 7) is 7.86. The van der Waals surface area contributed by atoms with Crippen molar-refractivity contribution in [2.45, 2.75) is 39.8 Å². The van der Waals surface area contributed by atoms with Crippen LogP contribution >= 0.6 is 0 Å². The van der Waals surface area contributed by atoms with Crippen molar-refractivity contribution >= 4 is 5.91 Å². The topological polar surface area (TPSA) is 47.4 Å². The smallest absolute Gasteiger partial charge is 0.272 e. The molecule has 1 aliphatic heterocycles. The highest BCUT2D eigenvalue weighted by atomic mass is 16.5. The van der Waals surface area contributed by atoms with Crippen molar-refractivity contribution in [2.24, 2.45) is 5.41 Å². The summed E-state index contributed by atoms with van der Waals surface area (Å²) >= 11 is 0. The van der Waals surface area contributed by atoms with E-state index in [1.165, 1.54) is 0 Å². The van der Waals surface area contributed by atoms with Gasteiger partial charge in [0.2, 0.25) is 0 Å². The molecule has 5 nitrogen and oxygen atoms in total. The maximum absolute atomic E-state index is 13.2. The number of carbonyl (C=O) groups excluding carboxylic acids is 1. The Kier molecular flexibility index (Phi) is 5.53. The number of ether oxygens (including phenoxy) is 1. The Labute approximate surface area is 149 Å². The second-order valence-corrected chi connectivity index (χ2v) is 7.10. The van der Waals surface area contributed by atoms with Crippen LogP contribution in [-0.4, -0.2) is 40.3 Å². The molecule has 5 heteroatoms. The number of rotatable bonds is 6. The van der Waals surface area contributed by atoms with Crippen LogP contribution in [0.1, 0.15) is 42.7 Å². The van der Waals surface area contributed by atoms with E-state index in [-0.39, 0.29) is 11.3 Å². The molecule has 0 radical (unpaired) electrons. The minimum atomic E-state index is 0.0518. The van der Waals surface area contributed by atoms with Gasteiger partial charge in [-0.25, -0.2) is 0 Å². The zero-order valence-electron chi connectivity index (χ0n) is 15.1. The Bertz CT molecular complexity index is 690. The lowest BCUT2D eigenvalue weighted by Gasteiger charge is -2.38. The van der Waals surface area contributed by atoms with Crippen LogP contribution in [0.15, 0.2) is 42.6 Å². The minimum absolute atomic E-state index is 0.0518. The van der Waals surface area contributed by atoms with Crippen molar-refractivity contribution in [1.82, 2.24) is 14.7 Å². The normalized spacial score (nSPS) is 16.6. The standard InChI is InChI=1S/C20H27N3O2/c1-3-23-18(9-12-21-23)19(24)22(15-17-7-5-4-6-8-17)16-20(2)10-13-25-14-11-20/h4-9,12H,3,10-11,13-16H2,1-2H3. The van der Waals surface area contributed by atoms with Crippen LogP contribution in [-0.2, 0) is 17.8 Å². The Hall–Kier alpha value is -2.14. The molecular formula is C20H27N3O2. The summed E-state index contributed by atoms with van der Waals surface area (Å²) in [5.74, 6) is 0.0518. The molecule has 1 aromatic heterocycles. The first kappa shape index (κ1) is 17.7. The second kappa shape index (κ2) is 7.83. The molecule has 134 valence electrons. The van der Waals surface area contributed by atoms with Gasteiger partial charge in [0.05, 0.1) is 0 Å². The third kappa shape index (κ3) is 4.28. The first-order valence-corrected chi connectivity index (χ1v) is 9.04. The number of hydrogen-bond donors (Lipinski definition) is 0. The summed E-state index contributed by atoms with van der Waals surface area (Å²) in [6, 6.07) is 12.0. The number of amides is 1. The van der Waals surface area contributed by atoms with Gasteiger partial charge >= 0.3 is 0 Å². The number of benzene rings is 1. The number of aryl methyl sites for hydroxylation is 1. The molecule has 0 bridgehead atoms. The third-order valence-electron chi connectivity index (χ3n) is 5.01. The second-order valence-electron chi connectivity index (χ2n) is 7.10. The fraction of sp³-hybridized carbons (Fsp3) is 0.500. The maximum Gasteiger partial charge on any atom is 0.272 e. The SMILES string of the molecule is CCn1nccc1C(=O)N(Cc1ccccc1)CC1(C)CCOCC1. The van der Waals surface area contributed by atoms with E-state index in [1.54, 1.807) is 10.9 Å². The average molecular weight is 341 g/mol. The van der Waals surface area contributed by atoms with Crippen LogP contribution in [0.2, 0.25) is 0 Å². The largest absolute Gasteiger partial charge is 0.381 e. The maximum atomic E-state index is 13.2. The van der Waals surface area contributed by atoms with Gasteiger partial charge in [-0.2, -0.15) is 5.10 Å². The zero-order chi connectivity index (χ0) is 17.7. The van der Waals surface area contributed by atoms with Crippen LogP contribution in [0, 0.1) is 5.41 Å². The average Bonchev–Trinajstić information content (AvgIpc) is 3.10. The molecule has 2 aromatic rings. The van der Waals surface area contributed by atoms with Crippen LogP contribution in [0.4, 0.5) is 0 Å². The predicted octanol–water partition coefficient (Wildman–Crippen LogP) is 3.36. The molecule has 0 aliphatic carbocycles. The van der Waals surface area contributed by atoms with E-state index >= 15 is 0 Å². The first-order valence-electron chi connectivity index (χ1n) is 9.04. The third-order valence-corrected chi connectivity index (χ3v) is 5.01. The lowest BCUT2D eigenvalue weighted by Crippen LogP contribution is -2.42. The molecular weight excluding hydrogens is 314 g/mol. The highest BCUT2D eigenvalue weighted by Crippen LogP contribution is 2.31. The van der Waals surface area contributed by atoms with Gasteiger partial charge in [0.1, 0.15) is 5.69 Å². The van der Waals surface area contributed by atoms with E-state index in [9.17, 15) is 4.79 Å². The Morgan fingerprint density at radius 2 is 1.96 bits per heavy atom. The van der Waals surface area contributed by atoms with E-state index in [4.69, 9.17) is 4.74 Å². The summed E-state index contributed by atoms with van der Waals surface area (Å²) < 4.78 is 7.29. The molecule has 0 atom stereocenters. The van der Waals surface area contributed by atoms with Crippen molar-refractivity contribution in [2.75, 3.05) is 19.8 Å². The number of carbonyl (C=O) groups is 1. The van der Waals surface area contributed by atoms with Crippen LogP contribution in [0.3, 0.4) is 0 Å². The molecule has 1 amide bonds. The van der Waals surface area contributed by atoms with Crippen molar-refractivity contribution in [3.8, 4) is 0 Å². The Morgan fingerprint density at radius 3 is 2.64 bits per heavy atom. The first-order chi connectivity index (χ1) is 12.1. The molecule has 1 saturated heterocycles. The Balaban J connectivity index is 1.84. The molecule has 1 fully saturated rings. The van der Waals surface area contributed by atoms with Gasteiger partial charge in [-0.05, 0) is 36.8 Å². The molecule has 25 heavy (non-hydrogen) atoms. The zero-order valence-corrected chi connectivity index (χ0v) is 15.1. The minimum Gasteiger partial charge on any atom is -0.381 e. The summed E-state index contributed by atoms with van der Waals surface area (Å²) in [6.07, 6.45) is 3.67. The number of aromatic nitrogens is 2. The summed E-state index contributed by atoms with van der Waals surface area (Å²) in [7, 11) is 0. The molecule has 0 saturated carbocycles. The van der Waals surface area contributed by atoms with Gasteiger partial charge in [-0.3, -0.25) is 9.48 Å². The van der Waals surface area contributed by atoms with Crippen molar-refractivity contribution < 1.29 is 9.53 Å². The monoisotopic (exact) mass is 341 g/mol. The number of nitrogens with zero attached hydrogens (tertiary/aromatic N) is 3. The van der Waals surface area contributed by atoms with E-state index in [0.717, 1.165) is 38.2 Å². The fourth-order valence-corrected chi connectivity index (χ4v) is 3.41. The lowest BCUT2D eigenvalue weighted by atomic mass is 9.81. The van der Waals surface area contributed by atoms with Gasteiger partial charge in [0.25, 0.3) is 5.91 Å². The van der Waals surface area contributed by atoms with Crippen LogP contribution in [0.25, 0.3) is 0 Å².